The van der Waals surface area contributed by atoms with E-state index in [-0.39, 0.29) is 6.42 Å². The predicted molar refractivity (Wildman–Crippen MR) is 107 cm³/mol. The molecule has 28 heavy (non-hydrogen) atoms. The average Bonchev–Trinajstić information content (AvgIpc) is 2.67. The third-order valence-corrected chi connectivity index (χ3v) is 6.08. The first-order valence-electron chi connectivity index (χ1n) is 8.66. The van der Waals surface area contributed by atoms with Crippen molar-refractivity contribution in [3.05, 3.63) is 65.8 Å². The van der Waals surface area contributed by atoms with Gasteiger partial charge in [0.05, 0.1) is 22.1 Å². The van der Waals surface area contributed by atoms with E-state index in [1.807, 2.05) is 0 Å². The van der Waals surface area contributed by atoms with Gasteiger partial charge in [0.2, 0.25) is 0 Å². The molecule has 0 N–H and O–H groups in total. The van der Waals surface area contributed by atoms with E-state index in [4.69, 9.17) is 16.3 Å². The van der Waals surface area contributed by atoms with Gasteiger partial charge in [-0.2, -0.15) is 0 Å². The topological polar surface area (TPSA) is 82.6 Å². The molecule has 0 bridgehead atoms. The maximum atomic E-state index is 12.0. The Morgan fingerprint density at radius 2 is 1.86 bits per heavy atom. The first-order valence-corrected chi connectivity index (χ1v) is 10.5. The van der Waals surface area contributed by atoms with Gasteiger partial charge in [-0.15, -0.1) is 0 Å². The van der Waals surface area contributed by atoms with Crippen LogP contribution in [0.25, 0.3) is 11.3 Å². The molecule has 1 aromatic heterocycles. The smallest absolute Gasteiger partial charge is 0.151 e. The predicted octanol–water partition coefficient (Wildman–Crippen LogP) is 4.93. The summed E-state index contributed by atoms with van der Waals surface area (Å²) in [6.07, 6.45) is 1.75. The minimum absolute atomic E-state index is 0.119. The van der Waals surface area contributed by atoms with Crippen molar-refractivity contribution in [3.8, 4) is 22.8 Å². The standard InChI is InChI=1S/C20H17ClN2O4S/c1-2-19(28(24,25)26)23-15-7-3-4-8-17(15)27-18-10-9-13(12-16(18)23)20-14(21)6-5-11-22-20/h3-12,19H,2H2,1H3,(H,24,25,26)/p-1. The Labute approximate surface area is 168 Å². The third kappa shape index (κ3) is 3.22. The third-order valence-electron chi connectivity index (χ3n) is 4.57. The molecule has 2 aromatic carbocycles. The summed E-state index contributed by atoms with van der Waals surface area (Å²) in [7, 11) is -4.61. The summed E-state index contributed by atoms with van der Waals surface area (Å²) in [5.74, 6) is 0.942. The number of benzene rings is 2. The van der Waals surface area contributed by atoms with Crippen LogP contribution in [0.3, 0.4) is 0 Å². The number of rotatable bonds is 4. The highest BCUT2D eigenvalue weighted by atomic mass is 35.5. The molecule has 4 rings (SSSR count). The van der Waals surface area contributed by atoms with Crippen molar-refractivity contribution in [3.63, 3.8) is 0 Å². The number of nitrogens with zero attached hydrogens (tertiary/aromatic N) is 2. The molecule has 0 fully saturated rings. The van der Waals surface area contributed by atoms with Gasteiger partial charge < -0.3 is 14.2 Å². The SMILES string of the molecule is CCC(N1c2ccccc2Oc2ccc(-c3ncccc3Cl)cc21)S(=O)(=O)[O-]. The van der Waals surface area contributed by atoms with Gasteiger partial charge in [-0.3, -0.25) is 4.98 Å². The van der Waals surface area contributed by atoms with Crippen molar-refractivity contribution in [2.45, 2.75) is 18.7 Å². The lowest BCUT2D eigenvalue weighted by molar-refractivity contribution is 0.438. The lowest BCUT2D eigenvalue weighted by Crippen LogP contribution is -2.38. The first kappa shape index (κ1) is 18.7. The van der Waals surface area contributed by atoms with Gasteiger partial charge in [0, 0.05) is 11.8 Å². The van der Waals surface area contributed by atoms with Crippen LogP contribution in [0.2, 0.25) is 5.02 Å². The van der Waals surface area contributed by atoms with Gasteiger partial charge >= 0.3 is 0 Å². The van der Waals surface area contributed by atoms with Crippen LogP contribution in [0.5, 0.6) is 11.5 Å². The van der Waals surface area contributed by atoms with E-state index in [0.717, 1.165) is 0 Å². The normalized spacial score (nSPS) is 14.0. The second-order valence-corrected chi connectivity index (χ2v) is 8.25. The van der Waals surface area contributed by atoms with E-state index in [9.17, 15) is 13.0 Å². The summed E-state index contributed by atoms with van der Waals surface area (Å²) in [4.78, 5) is 5.83. The highest BCUT2D eigenvalue weighted by molar-refractivity contribution is 7.86. The van der Waals surface area contributed by atoms with Crippen LogP contribution >= 0.6 is 11.6 Å². The summed E-state index contributed by atoms with van der Waals surface area (Å²) < 4.78 is 42.0. The molecule has 6 nitrogen and oxygen atoms in total. The molecule has 1 aliphatic heterocycles. The average molecular weight is 416 g/mol. The van der Waals surface area contributed by atoms with Crippen molar-refractivity contribution in [1.29, 1.82) is 0 Å². The number of aromatic nitrogens is 1. The van der Waals surface area contributed by atoms with Gasteiger partial charge in [-0.1, -0.05) is 30.7 Å². The van der Waals surface area contributed by atoms with Crippen LogP contribution in [0.4, 0.5) is 11.4 Å². The van der Waals surface area contributed by atoms with E-state index in [2.05, 4.69) is 4.98 Å². The van der Waals surface area contributed by atoms with Crippen LogP contribution in [0.15, 0.2) is 60.8 Å². The van der Waals surface area contributed by atoms with Crippen LogP contribution in [-0.2, 0) is 10.1 Å². The Hall–Kier alpha value is -2.61. The van der Waals surface area contributed by atoms with Crippen LogP contribution in [-0.4, -0.2) is 23.3 Å². The lowest BCUT2D eigenvalue weighted by atomic mass is 10.1. The Morgan fingerprint density at radius 3 is 2.57 bits per heavy atom. The zero-order valence-corrected chi connectivity index (χ0v) is 16.4. The van der Waals surface area contributed by atoms with Crippen molar-refractivity contribution < 1.29 is 17.7 Å². The maximum absolute atomic E-state index is 12.0. The summed E-state index contributed by atoms with van der Waals surface area (Å²) in [5.41, 5.74) is 2.24. The van der Waals surface area contributed by atoms with Crippen LogP contribution in [0, 0.1) is 0 Å². The Balaban J connectivity index is 1.94. The number of ether oxygens (including phenoxy) is 1. The molecule has 3 aromatic rings. The van der Waals surface area contributed by atoms with Crippen molar-refractivity contribution in [2.24, 2.45) is 0 Å². The zero-order valence-electron chi connectivity index (χ0n) is 14.9. The lowest BCUT2D eigenvalue weighted by Gasteiger charge is -2.39. The van der Waals surface area contributed by atoms with E-state index in [1.165, 1.54) is 4.90 Å². The number of pyridine rings is 1. The highest BCUT2D eigenvalue weighted by Gasteiger charge is 2.33. The van der Waals surface area contributed by atoms with Crippen molar-refractivity contribution in [2.75, 3.05) is 4.90 Å². The number of fused-ring (bicyclic) bond motifs is 2. The Bertz CT molecular complexity index is 1150. The van der Waals surface area contributed by atoms with Gasteiger partial charge in [0.15, 0.2) is 11.5 Å². The number of halogens is 1. The molecule has 2 heterocycles. The second kappa shape index (κ2) is 7.09. The van der Waals surface area contributed by atoms with E-state index in [1.54, 1.807) is 67.7 Å². The molecule has 1 unspecified atom stereocenters. The second-order valence-electron chi connectivity index (χ2n) is 6.31. The molecule has 0 radical (unpaired) electrons. The van der Waals surface area contributed by atoms with E-state index >= 15 is 0 Å². The van der Waals surface area contributed by atoms with Gasteiger partial charge in [-0.25, -0.2) is 8.42 Å². The van der Waals surface area contributed by atoms with Crippen LogP contribution in [0.1, 0.15) is 13.3 Å². The summed E-state index contributed by atoms with van der Waals surface area (Å²) in [5, 5.41) is -0.805. The molecular formula is C20H16ClN2O4S-. The minimum Gasteiger partial charge on any atom is -0.746 e. The molecule has 0 saturated heterocycles. The highest BCUT2D eigenvalue weighted by Crippen LogP contribution is 2.49. The Kier molecular flexibility index (Phi) is 4.74. The fourth-order valence-electron chi connectivity index (χ4n) is 3.35. The molecule has 0 spiro atoms. The monoisotopic (exact) mass is 415 g/mol. The summed E-state index contributed by atoms with van der Waals surface area (Å²) >= 11 is 6.27. The molecular weight excluding hydrogens is 400 g/mol. The fourth-order valence-corrected chi connectivity index (χ4v) is 4.48. The van der Waals surface area contributed by atoms with E-state index in [0.29, 0.717) is 39.2 Å². The first-order chi connectivity index (χ1) is 13.4. The van der Waals surface area contributed by atoms with Crippen LogP contribution < -0.4 is 9.64 Å². The van der Waals surface area contributed by atoms with Gasteiger partial charge in [0.25, 0.3) is 0 Å². The largest absolute Gasteiger partial charge is 0.746 e. The summed E-state index contributed by atoms with van der Waals surface area (Å²) in [6, 6.07) is 15.7. The quantitative estimate of drug-likeness (QED) is 0.562. The van der Waals surface area contributed by atoms with E-state index < -0.39 is 15.5 Å². The Morgan fingerprint density at radius 1 is 1.11 bits per heavy atom. The maximum Gasteiger partial charge on any atom is 0.151 e. The molecule has 0 aliphatic carbocycles. The number of hydrogen-bond donors (Lipinski definition) is 0. The zero-order chi connectivity index (χ0) is 19.9. The fraction of sp³-hybridized carbons (Fsp3) is 0.150. The summed E-state index contributed by atoms with van der Waals surface area (Å²) in [6.45, 7) is 1.66. The molecule has 144 valence electrons. The molecule has 0 amide bonds. The number of hydrogen-bond acceptors (Lipinski definition) is 6. The van der Waals surface area contributed by atoms with Crippen molar-refractivity contribution in [1.82, 2.24) is 4.98 Å². The number of anilines is 2. The van der Waals surface area contributed by atoms with Gasteiger partial charge in [-0.05, 0) is 48.9 Å². The minimum atomic E-state index is -4.61. The molecule has 0 saturated carbocycles. The number of para-hydroxylation sites is 2. The molecule has 8 heteroatoms. The molecule has 1 atom stereocenters. The van der Waals surface area contributed by atoms with Crippen molar-refractivity contribution >= 4 is 33.1 Å². The van der Waals surface area contributed by atoms with Gasteiger partial charge in [0.1, 0.15) is 15.5 Å². The molecule has 1 aliphatic rings.